The molecule has 8 nitrogen and oxygen atoms in total. The predicted octanol–water partition coefficient (Wildman–Crippen LogP) is 6.17. The van der Waals surface area contributed by atoms with E-state index in [0.717, 1.165) is 56.8 Å². The average molecular weight is 631 g/mol. The number of rotatable bonds is 4. The Bertz CT molecular complexity index is 1750. The fourth-order valence-electron chi connectivity index (χ4n) is 8.26. The molecule has 0 spiro atoms. The van der Waals surface area contributed by atoms with Crippen molar-refractivity contribution in [3.63, 3.8) is 0 Å². The molecule has 0 amide bonds. The summed E-state index contributed by atoms with van der Waals surface area (Å²) < 4.78 is 72.5. The Hall–Kier alpha value is -3.38. The smallest absolute Gasteiger partial charge is 0.418 e. The summed E-state index contributed by atoms with van der Waals surface area (Å²) in [6.07, 6.45) is 0.0211. The van der Waals surface area contributed by atoms with E-state index in [1.807, 2.05) is 0 Å². The number of aromatic nitrogens is 3. The zero-order valence-corrected chi connectivity index (χ0v) is 24.9. The van der Waals surface area contributed by atoms with Crippen LogP contribution in [-0.4, -0.2) is 64.3 Å². The van der Waals surface area contributed by atoms with Gasteiger partial charge in [0, 0.05) is 19.6 Å². The summed E-state index contributed by atoms with van der Waals surface area (Å²) in [4.78, 5) is 17.7. The van der Waals surface area contributed by atoms with Crippen LogP contribution in [0.1, 0.15) is 43.2 Å². The van der Waals surface area contributed by atoms with Gasteiger partial charge in [-0.15, -0.1) is 0 Å². The molecule has 1 saturated carbocycles. The van der Waals surface area contributed by atoms with Crippen molar-refractivity contribution in [2.75, 3.05) is 43.5 Å². The molecule has 2 N–H and O–H groups in total. The maximum absolute atomic E-state index is 16.8. The Labute approximate surface area is 256 Å². The number of ether oxygens (including phenoxy) is 2. The molecule has 4 atom stereocenters. The number of benzene rings is 1. The van der Waals surface area contributed by atoms with Crippen molar-refractivity contribution in [2.45, 2.75) is 56.8 Å². The van der Waals surface area contributed by atoms with Gasteiger partial charge in [-0.25, -0.2) is 9.37 Å². The van der Waals surface area contributed by atoms with E-state index in [-0.39, 0.29) is 63.9 Å². The molecule has 0 radical (unpaired) electrons. The molecule has 3 aromatic rings. The molecular formula is C31H31ClF4N6O2. The van der Waals surface area contributed by atoms with Crippen molar-refractivity contribution in [2.24, 2.45) is 11.8 Å². The minimum atomic E-state index is -4.86. The SMILES string of the molecule is C=C1CN2CCC2(COc2nc3c4c(c(Cl)c(-c5nc(N)cc(C)c5C(F)(F)F)c(F)c4n2)OC[C@@H]2[C@@H]4CC[C@@H](C4)CN32)C1. The number of hydrogen-bond acceptors (Lipinski definition) is 8. The monoisotopic (exact) mass is 630 g/mol. The van der Waals surface area contributed by atoms with E-state index in [1.165, 1.54) is 6.92 Å². The number of anilines is 2. The van der Waals surface area contributed by atoms with Gasteiger partial charge in [0.05, 0.1) is 38.8 Å². The first-order chi connectivity index (χ1) is 20.9. The van der Waals surface area contributed by atoms with Crippen molar-refractivity contribution in [1.82, 2.24) is 19.9 Å². The summed E-state index contributed by atoms with van der Waals surface area (Å²) >= 11 is 6.82. The second-order valence-electron chi connectivity index (χ2n) is 13.1. The van der Waals surface area contributed by atoms with Crippen LogP contribution in [0.5, 0.6) is 11.8 Å². The number of piperidine rings is 1. The molecule has 3 saturated heterocycles. The van der Waals surface area contributed by atoms with Crippen molar-refractivity contribution < 1.29 is 27.0 Å². The fraction of sp³-hybridized carbons (Fsp3) is 0.516. The van der Waals surface area contributed by atoms with Gasteiger partial charge in [0.2, 0.25) is 0 Å². The standard InChI is InChI=1S/C31H31ClF4N6O2/c1-14-9-30(5-6-41(30)10-14)13-44-29-39-26-21-27(43-12-18-17-4-3-16(8-17)11-42(18)28(21)40-29)23(32)20(24(26)33)25-22(31(34,35)36)15(2)7-19(37)38-25/h7,16-18H,1,3-6,8-13H2,2H3,(H2,37,38)/t16-,17+,18+,30?/m0/s1. The molecular weight excluding hydrogens is 600 g/mol. The van der Waals surface area contributed by atoms with Crippen LogP contribution in [0.4, 0.5) is 29.2 Å². The van der Waals surface area contributed by atoms with E-state index in [4.69, 9.17) is 31.8 Å². The number of fused-ring (bicyclic) bond motifs is 6. The summed E-state index contributed by atoms with van der Waals surface area (Å²) in [7, 11) is 0. The van der Waals surface area contributed by atoms with Gasteiger partial charge in [-0.3, -0.25) is 4.90 Å². The van der Waals surface area contributed by atoms with Crippen LogP contribution >= 0.6 is 11.6 Å². The maximum Gasteiger partial charge on any atom is 0.418 e. The molecule has 4 aliphatic heterocycles. The van der Waals surface area contributed by atoms with Gasteiger partial charge in [0.15, 0.2) is 11.6 Å². The first-order valence-electron chi connectivity index (χ1n) is 14.9. The van der Waals surface area contributed by atoms with E-state index in [0.29, 0.717) is 24.2 Å². The van der Waals surface area contributed by atoms with Gasteiger partial charge in [-0.1, -0.05) is 23.8 Å². The van der Waals surface area contributed by atoms with Crippen LogP contribution in [0.3, 0.4) is 0 Å². The van der Waals surface area contributed by atoms with Crippen molar-refractivity contribution in [1.29, 1.82) is 0 Å². The number of nitrogens with two attached hydrogens (primary N) is 1. The van der Waals surface area contributed by atoms with Crippen molar-refractivity contribution >= 4 is 34.1 Å². The third kappa shape index (κ3) is 4.09. The van der Waals surface area contributed by atoms with Crippen LogP contribution in [0.2, 0.25) is 5.02 Å². The van der Waals surface area contributed by atoms with Gasteiger partial charge < -0.3 is 20.1 Å². The molecule has 6 heterocycles. The average Bonchev–Trinajstić information content (AvgIpc) is 3.36. The molecule has 2 aromatic heterocycles. The van der Waals surface area contributed by atoms with Crippen LogP contribution in [0.25, 0.3) is 22.2 Å². The second kappa shape index (κ2) is 9.56. The van der Waals surface area contributed by atoms with E-state index in [9.17, 15) is 13.2 Å². The van der Waals surface area contributed by atoms with Gasteiger partial charge in [-0.2, -0.15) is 23.1 Å². The number of nitrogen functional groups attached to an aromatic ring is 1. The molecule has 2 bridgehead atoms. The molecule has 1 aliphatic carbocycles. The molecule has 5 aliphatic rings. The highest BCUT2D eigenvalue weighted by Crippen LogP contribution is 2.53. The molecule has 4 fully saturated rings. The second-order valence-corrected chi connectivity index (χ2v) is 13.4. The van der Waals surface area contributed by atoms with E-state index < -0.39 is 28.8 Å². The molecule has 8 rings (SSSR count). The summed E-state index contributed by atoms with van der Waals surface area (Å²) in [5.41, 5.74) is 3.97. The van der Waals surface area contributed by atoms with Crippen LogP contribution in [0, 0.1) is 24.6 Å². The molecule has 44 heavy (non-hydrogen) atoms. The normalized spacial score (nSPS) is 27.5. The minimum absolute atomic E-state index is 0.0377. The van der Waals surface area contributed by atoms with Crippen LogP contribution < -0.4 is 20.1 Å². The maximum atomic E-state index is 16.8. The lowest BCUT2D eigenvalue weighted by molar-refractivity contribution is -0.137. The van der Waals surface area contributed by atoms with Crippen LogP contribution in [0.15, 0.2) is 18.2 Å². The Balaban J connectivity index is 1.34. The fourth-order valence-corrected chi connectivity index (χ4v) is 8.58. The molecule has 1 aromatic carbocycles. The quantitative estimate of drug-likeness (QED) is 0.270. The zero-order valence-electron chi connectivity index (χ0n) is 24.1. The molecule has 13 heteroatoms. The third-order valence-electron chi connectivity index (χ3n) is 10.3. The summed E-state index contributed by atoms with van der Waals surface area (Å²) in [5, 5.41) is -0.103. The lowest BCUT2D eigenvalue weighted by Gasteiger charge is -2.47. The van der Waals surface area contributed by atoms with Crippen molar-refractivity contribution in [3.05, 3.63) is 40.2 Å². The Morgan fingerprint density at radius 3 is 2.80 bits per heavy atom. The Morgan fingerprint density at radius 2 is 2.07 bits per heavy atom. The van der Waals surface area contributed by atoms with E-state index >= 15 is 4.39 Å². The number of pyridine rings is 1. The molecule has 232 valence electrons. The summed E-state index contributed by atoms with van der Waals surface area (Å²) in [5.74, 6) is -0.00961. The number of nitrogens with zero attached hydrogens (tertiary/aromatic N) is 5. The highest BCUT2D eigenvalue weighted by molar-refractivity contribution is 6.36. The van der Waals surface area contributed by atoms with Gasteiger partial charge in [0.25, 0.3) is 0 Å². The van der Waals surface area contributed by atoms with Gasteiger partial charge >= 0.3 is 12.2 Å². The van der Waals surface area contributed by atoms with Gasteiger partial charge in [-0.05, 0) is 62.5 Å². The van der Waals surface area contributed by atoms with E-state index in [2.05, 4.69) is 26.3 Å². The number of hydrogen-bond donors (Lipinski definition) is 1. The predicted molar refractivity (Wildman–Crippen MR) is 158 cm³/mol. The highest BCUT2D eigenvalue weighted by Gasteiger charge is 2.50. The lowest BCUT2D eigenvalue weighted by atomic mass is 9.85. The topological polar surface area (TPSA) is 89.6 Å². The number of alkyl halides is 3. The van der Waals surface area contributed by atoms with Gasteiger partial charge in [0.1, 0.15) is 30.4 Å². The highest BCUT2D eigenvalue weighted by atomic mass is 35.5. The lowest BCUT2D eigenvalue weighted by Crippen LogP contribution is -2.59. The van der Waals surface area contributed by atoms with E-state index in [1.54, 1.807) is 0 Å². The van der Waals surface area contributed by atoms with Crippen molar-refractivity contribution in [3.8, 4) is 23.0 Å². The largest absolute Gasteiger partial charge is 0.489 e. The minimum Gasteiger partial charge on any atom is -0.489 e. The molecule has 1 unspecified atom stereocenters. The number of aryl methyl sites for hydroxylation is 1. The third-order valence-corrected chi connectivity index (χ3v) is 10.7. The summed E-state index contributed by atoms with van der Waals surface area (Å²) in [6, 6.07) is 0.993. The first-order valence-corrected chi connectivity index (χ1v) is 15.3. The zero-order chi connectivity index (χ0) is 30.7. The Kier molecular flexibility index (Phi) is 6.11. The first kappa shape index (κ1) is 28.1. The summed E-state index contributed by atoms with van der Waals surface area (Å²) in [6.45, 7) is 8.34. The van der Waals surface area contributed by atoms with Crippen LogP contribution in [-0.2, 0) is 6.18 Å². The number of halogens is 5. The Morgan fingerprint density at radius 1 is 1.25 bits per heavy atom.